The number of methoxy groups -OCH3 is 1. The molecule has 0 bridgehead atoms. The van der Waals surface area contributed by atoms with Crippen molar-refractivity contribution < 1.29 is 4.74 Å². The number of ether oxygens (including phenoxy) is 1. The number of hydrogen-bond acceptors (Lipinski definition) is 6. The number of nitrogens with zero attached hydrogens (tertiary/aromatic N) is 4. The Balaban J connectivity index is 2.17. The third kappa shape index (κ3) is 3.49. The average molecular weight is 279 g/mol. The molecule has 20 heavy (non-hydrogen) atoms. The maximum Gasteiger partial charge on any atom is 0.322 e. The first-order valence-corrected chi connectivity index (χ1v) is 7.43. The Morgan fingerprint density at radius 2 is 2.05 bits per heavy atom. The van der Waals surface area contributed by atoms with Crippen molar-refractivity contribution in [3.63, 3.8) is 0 Å². The zero-order valence-corrected chi connectivity index (χ0v) is 12.9. The fourth-order valence-electron chi connectivity index (χ4n) is 2.34. The highest BCUT2D eigenvalue weighted by Gasteiger charge is 2.25. The highest BCUT2D eigenvalue weighted by molar-refractivity contribution is 5.38. The van der Waals surface area contributed by atoms with Gasteiger partial charge in [0.15, 0.2) is 0 Å². The van der Waals surface area contributed by atoms with Crippen molar-refractivity contribution in [1.82, 2.24) is 15.0 Å². The van der Waals surface area contributed by atoms with Crippen molar-refractivity contribution in [3.8, 4) is 6.01 Å². The standard InChI is InChI=1S/C14H25N5O/c1-5-7-15-12-16-13(18-14(17-12)20-4)19-8-6-10(2)11(3)9-19/h10-11H,5-9H2,1-4H3,(H,15,16,17,18). The van der Waals surface area contributed by atoms with E-state index in [0.29, 0.717) is 23.8 Å². The Hall–Kier alpha value is -1.59. The average Bonchev–Trinajstić information content (AvgIpc) is 2.47. The normalized spacial score (nSPS) is 22.7. The lowest BCUT2D eigenvalue weighted by Crippen LogP contribution is -2.39. The maximum atomic E-state index is 5.19. The summed E-state index contributed by atoms with van der Waals surface area (Å²) < 4.78 is 5.19. The van der Waals surface area contributed by atoms with Crippen molar-refractivity contribution in [1.29, 1.82) is 0 Å². The molecule has 6 heteroatoms. The maximum absolute atomic E-state index is 5.19. The van der Waals surface area contributed by atoms with Gasteiger partial charge in [-0.2, -0.15) is 15.0 Å². The van der Waals surface area contributed by atoms with Crippen LogP contribution in [-0.2, 0) is 0 Å². The number of aromatic nitrogens is 3. The SMILES string of the molecule is CCCNc1nc(OC)nc(N2CCC(C)C(C)C2)n1. The fraction of sp³-hybridized carbons (Fsp3) is 0.786. The molecule has 1 aromatic heterocycles. The van der Waals surface area contributed by atoms with E-state index in [-0.39, 0.29) is 0 Å². The fourth-order valence-corrected chi connectivity index (χ4v) is 2.34. The second kappa shape index (κ2) is 6.72. The first kappa shape index (κ1) is 14.8. The van der Waals surface area contributed by atoms with Crippen LogP contribution in [0.25, 0.3) is 0 Å². The van der Waals surface area contributed by atoms with Crippen molar-refractivity contribution in [2.45, 2.75) is 33.6 Å². The molecule has 2 unspecified atom stereocenters. The van der Waals surface area contributed by atoms with Gasteiger partial charge in [0.2, 0.25) is 11.9 Å². The van der Waals surface area contributed by atoms with E-state index in [1.165, 1.54) is 6.42 Å². The molecule has 0 radical (unpaired) electrons. The van der Waals surface area contributed by atoms with Gasteiger partial charge in [0.25, 0.3) is 0 Å². The van der Waals surface area contributed by atoms with E-state index in [1.54, 1.807) is 7.11 Å². The summed E-state index contributed by atoms with van der Waals surface area (Å²) in [4.78, 5) is 15.4. The minimum Gasteiger partial charge on any atom is -0.467 e. The van der Waals surface area contributed by atoms with Crippen LogP contribution in [0.2, 0.25) is 0 Å². The van der Waals surface area contributed by atoms with Crippen molar-refractivity contribution in [2.24, 2.45) is 11.8 Å². The summed E-state index contributed by atoms with van der Waals surface area (Å²) in [5.74, 6) is 2.72. The third-order valence-corrected chi connectivity index (χ3v) is 3.94. The molecule has 0 aromatic carbocycles. The molecule has 112 valence electrons. The second-order valence-electron chi connectivity index (χ2n) is 5.56. The Morgan fingerprint density at radius 1 is 1.25 bits per heavy atom. The number of anilines is 2. The zero-order chi connectivity index (χ0) is 14.5. The first-order chi connectivity index (χ1) is 9.63. The van der Waals surface area contributed by atoms with Gasteiger partial charge in [-0.05, 0) is 24.7 Å². The Morgan fingerprint density at radius 3 is 2.70 bits per heavy atom. The van der Waals surface area contributed by atoms with Gasteiger partial charge in [-0.25, -0.2) is 0 Å². The second-order valence-corrected chi connectivity index (χ2v) is 5.56. The van der Waals surface area contributed by atoms with Crippen molar-refractivity contribution in [2.75, 3.05) is 37.0 Å². The molecule has 2 heterocycles. The van der Waals surface area contributed by atoms with E-state index in [0.717, 1.165) is 32.0 Å². The third-order valence-electron chi connectivity index (χ3n) is 3.94. The van der Waals surface area contributed by atoms with E-state index >= 15 is 0 Å². The molecule has 1 aliphatic rings. The molecule has 1 N–H and O–H groups in total. The van der Waals surface area contributed by atoms with Gasteiger partial charge in [-0.15, -0.1) is 0 Å². The van der Waals surface area contributed by atoms with Crippen LogP contribution >= 0.6 is 0 Å². The van der Waals surface area contributed by atoms with Crippen LogP contribution in [0.15, 0.2) is 0 Å². The molecule has 1 aliphatic heterocycles. The quantitative estimate of drug-likeness (QED) is 0.891. The first-order valence-electron chi connectivity index (χ1n) is 7.43. The summed E-state index contributed by atoms with van der Waals surface area (Å²) in [6.45, 7) is 9.53. The van der Waals surface area contributed by atoms with Gasteiger partial charge < -0.3 is 15.0 Å². The Labute approximate surface area is 121 Å². The molecule has 1 fully saturated rings. The Kier molecular flexibility index (Phi) is 4.98. The minimum absolute atomic E-state index is 0.375. The lowest BCUT2D eigenvalue weighted by molar-refractivity contribution is 0.319. The molecule has 0 amide bonds. The predicted molar refractivity (Wildman–Crippen MR) is 80.3 cm³/mol. The highest BCUT2D eigenvalue weighted by Crippen LogP contribution is 2.26. The van der Waals surface area contributed by atoms with Crippen LogP contribution in [0.5, 0.6) is 6.01 Å². The van der Waals surface area contributed by atoms with Gasteiger partial charge in [0.1, 0.15) is 0 Å². The zero-order valence-electron chi connectivity index (χ0n) is 12.9. The van der Waals surface area contributed by atoms with Gasteiger partial charge in [-0.1, -0.05) is 20.8 Å². The number of nitrogens with one attached hydrogen (secondary N) is 1. The van der Waals surface area contributed by atoms with Crippen molar-refractivity contribution >= 4 is 11.9 Å². The molecular formula is C14H25N5O. The van der Waals surface area contributed by atoms with E-state index in [9.17, 15) is 0 Å². The largest absolute Gasteiger partial charge is 0.467 e. The van der Waals surface area contributed by atoms with E-state index in [1.807, 2.05) is 0 Å². The van der Waals surface area contributed by atoms with Gasteiger partial charge in [0, 0.05) is 19.6 Å². The molecule has 0 saturated carbocycles. The van der Waals surface area contributed by atoms with Crippen LogP contribution in [0.4, 0.5) is 11.9 Å². The molecule has 0 spiro atoms. The van der Waals surface area contributed by atoms with Crippen molar-refractivity contribution in [3.05, 3.63) is 0 Å². The molecule has 2 rings (SSSR count). The lowest BCUT2D eigenvalue weighted by atomic mass is 9.89. The van der Waals surface area contributed by atoms with Gasteiger partial charge >= 0.3 is 6.01 Å². The summed E-state index contributed by atoms with van der Waals surface area (Å²) in [5, 5.41) is 3.20. The monoisotopic (exact) mass is 279 g/mol. The lowest BCUT2D eigenvalue weighted by Gasteiger charge is -2.35. The van der Waals surface area contributed by atoms with Crippen LogP contribution in [0.1, 0.15) is 33.6 Å². The summed E-state index contributed by atoms with van der Waals surface area (Å²) in [7, 11) is 1.59. The van der Waals surface area contributed by atoms with Gasteiger partial charge in [0.05, 0.1) is 7.11 Å². The van der Waals surface area contributed by atoms with Crippen LogP contribution in [-0.4, -0.2) is 41.7 Å². The molecule has 1 aromatic rings. The van der Waals surface area contributed by atoms with E-state index < -0.39 is 0 Å². The number of piperidine rings is 1. The number of hydrogen-bond donors (Lipinski definition) is 1. The van der Waals surface area contributed by atoms with E-state index in [2.05, 4.69) is 45.9 Å². The summed E-state index contributed by atoms with van der Waals surface area (Å²) in [6, 6.07) is 0.375. The van der Waals surface area contributed by atoms with Crippen LogP contribution < -0.4 is 15.0 Å². The topological polar surface area (TPSA) is 63.2 Å². The van der Waals surface area contributed by atoms with Gasteiger partial charge in [-0.3, -0.25) is 0 Å². The molecule has 2 atom stereocenters. The van der Waals surface area contributed by atoms with E-state index in [4.69, 9.17) is 4.74 Å². The minimum atomic E-state index is 0.375. The Bertz CT molecular complexity index is 440. The summed E-state index contributed by atoms with van der Waals surface area (Å²) in [5.41, 5.74) is 0. The molecular weight excluding hydrogens is 254 g/mol. The molecule has 1 saturated heterocycles. The number of rotatable bonds is 5. The summed E-state index contributed by atoms with van der Waals surface area (Å²) >= 11 is 0. The summed E-state index contributed by atoms with van der Waals surface area (Å²) in [6.07, 6.45) is 2.20. The smallest absolute Gasteiger partial charge is 0.322 e. The highest BCUT2D eigenvalue weighted by atomic mass is 16.5. The predicted octanol–water partition coefficient (Wildman–Crippen LogP) is 2.18. The molecule has 0 aliphatic carbocycles. The van der Waals surface area contributed by atoms with Crippen LogP contribution in [0.3, 0.4) is 0 Å². The van der Waals surface area contributed by atoms with Crippen LogP contribution in [0, 0.1) is 11.8 Å². The molecule has 6 nitrogen and oxygen atoms in total.